The molecule has 1 N–H and O–H groups in total. The lowest BCUT2D eigenvalue weighted by Crippen LogP contribution is -2.12. The van der Waals surface area contributed by atoms with Crippen LogP contribution in [0.25, 0.3) is 5.69 Å². The van der Waals surface area contributed by atoms with Gasteiger partial charge in [0.25, 0.3) is 5.91 Å². The third-order valence-corrected chi connectivity index (χ3v) is 4.04. The molecule has 23 heavy (non-hydrogen) atoms. The van der Waals surface area contributed by atoms with E-state index in [2.05, 4.69) is 26.3 Å². The van der Waals surface area contributed by atoms with E-state index >= 15 is 0 Å². The van der Waals surface area contributed by atoms with Crippen LogP contribution in [-0.2, 0) is 0 Å². The largest absolute Gasteiger partial charge is 0.322 e. The molecule has 0 aliphatic carbocycles. The standard InChI is InChI=1S/C17H13BrClN3O/c1-11-2-5-14(19)8-16(11)21-17(23)12-3-6-15(7-4-12)22-10-13(18)9-20-22/h2-10H,1H3,(H,21,23). The molecule has 3 rings (SSSR count). The quantitative estimate of drug-likeness (QED) is 0.695. The molecule has 0 radical (unpaired) electrons. The topological polar surface area (TPSA) is 46.9 Å². The summed E-state index contributed by atoms with van der Waals surface area (Å²) in [7, 11) is 0. The molecule has 0 saturated heterocycles. The van der Waals surface area contributed by atoms with Crippen molar-refractivity contribution < 1.29 is 4.79 Å². The lowest BCUT2D eigenvalue weighted by Gasteiger charge is -2.09. The zero-order valence-electron chi connectivity index (χ0n) is 12.3. The van der Waals surface area contributed by atoms with Gasteiger partial charge in [-0.1, -0.05) is 17.7 Å². The van der Waals surface area contributed by atoms with Crippen molar-refractivity contribution in [2.24, 2.45) is 0 Å². The Morgan fingerprint density at radius 3 is 2.61 bits per heavy atom. The van der Waals surface area contributed by atoms with E-state index in [0.29, 0.717) is 16.3 Å². The van der Waals surface area contributed by atoms with Gasteiger partial charge in [-0.2, -0.15) is 5.10 Å². The molecule has 0 aliphatic heterocycles. The molecular weight excluding hydrogens is 378 g/mol. The predicted molar refractivity (Wildman–Crippen MR) is 95.4 cm³/mol. The lowest BCUT2D eigenvalue weighted by atomic mass is 10.1. The monoisotopic (exact) mass is 389 g/mol. The van der Waals surface area contributed by atoms with E-state index in [1.807, 2.05) is 31.3 Å². The number of benzene rings is 2. The van der Waals surface area contributed by atoms with E-state index in [1.54, 1.807) is 35.1 Å². The first-order valence-corrected chi connectivity index (χ1v) is 8.08. The highest BCUT2D eigenvalue weighted by atomic mass is 79.9. The maximum Gasteiger partial charge on any atom is 0.255 e. The molecule has 0 bridgehead atoms. The Labute approximate surface area is 147 Å². The van der Waals surface area contributed by atoms with Crippen LogP contribution in [0.3, 0.4) is 0 Å². The van der Waals surface area contributed by atoms with Gasteiger partial charge in [-0.05, 0) is 64.8 Å². The number of aromatic nitrogens is 2. The Morgan fingerprint density at radius 2 is 1.96 bits per heavy atom. The van der Waals surface area contributed by atoms with Gasteiger partial charge in [0.2, 0.25) is 0 Å². The van der Waals surface area contributed by atoms with Crippen LogP contribution in [0, 0.1) is 6.92 Å². The van der Waals surface area contributed by atoms with Crippen molar-refractivity contribution in [1.29, 1.82) is 0 Å². The molecule has 6 heteroatoms. The van der Waals surface area contributed by atoms with E-state index in [4.69, 9.17) is 11.6 Å². The molecular formula is C17H13BrClN3O. The molecule has 4 nitrogen and oxygen atoms in total. The maximum absolute atomic E-state index is 12.3. The van der Waals surface area contributed by atoms with Crippen molar-refractivity contribution in [3.63, 3.8) is 0 Å². The van der Waals surface area contributed by atoms with Crippen molar-refractivity contribution >= 4 is 39.1 Å². The minimum Gasteiger partial charge on any atom is -0.322 e. The summed E-state index contributed by atoms with van der Waals surface area (Å²) in [6, 6.07) is 12.6. The highest BCUT2D eigenvalue weighted by Crippen LogP contribution is 2.21. The third-order valence-electron chi connectivity index (χ3n) is 3.39. The van der Waals surface area contributed by atoms with Gasteiger partial charge >= 0.3 is 0 Å². The molecule has 1 amide bonds. The van der Waals surface area contributed by atoms with E-state index in [-0.39, 0.29) is 5.91 Å². The second-order valence-corrected chi connectivity index (χ2v) is 6.42. The smallest absolute Gasteiger partial charge is 0.255 e. The highest BCUT2D eigenvalue weighted by Gasteiger charge is 2.09. The van der Waals surface area contributed by atoms with Gasteiger partial charge in [-0.25, -0.2) is 4.68 Å². The fourth-order valence-electron chi connectivity index (χ4n) is 2.13. The number of nitrogens with one attached hydrogen (secondary N) is 1. The lowest BCUT2D eigenvalue weighted by molar-refractivity contribution is 0.102. The highest BCUT2D eigenvalue weighted by molar-refractivity contribution is 9.10. The number of hydrogen-bond donors (Lipinski definition) is 1. The summed E-state index contributed by atoms with van der Waals surface area (Å²) in [6.07, 6.45) is 3.56. The van der Waals surface area contributed by atoms with Gasteiger partial charge in [-0.15, -0.1) is 0 Å². The number of aryl methyl sites for hydroxylation is 1. The Morgan fingerprint density at radius 1 is 1.22 bits per heavy atom. The Bertz CT molecular complexity index is 859. The number of rotatable bonds is 3. The molecule has 0 atom stereocenters. The SMILES string of the molecule is Cc1ccc(Cl)cc1NC(=O)c1ccc(-n2cc(Br)cn2)cc1. The predicted octanol–water partition coefficient (Wildman–Crippen LogP) is 4.85. The van der Waals surface area contributed by atoms with Gasteiger partial charge in [0.05, 0.1) is 16.4 Å². The van der Waals surface area contributed by atoms with Crippen LogP contribution in [-0.4, -0.2) is 15.7 Å². The van der Waals surface area contributed by atoms with Crippen LogP contribution >= 0.6 is 27.5 Å². The van der Waals surface area contributed by atoms with Gasteiger partial charge in [-0.3, -0.25) is 4.79 Å². The second-order valence-electron chi connectivity index (χ2n) is 5.06. The summed E-state index contributed by atoms with van der Waals surface area (Å²) in [5.41, 5.74) is 3.12. The van der Waals surface area contributed by atoms with Gasteiger partial charge in [0, 0.05) is 22.5 Å². The third kappa shape index (κ3) is 3.63. The van der Waals surface area contributed by atoms with E-state index in [1.165, 1.54) is 0 Å². The summed E-state index contributed by atoms with van der Waals surface area (Å²) in [5, 5.41) is 7.67. The Hall–Kier alpha value is -2.11. The van der Waals surface area contributed by atoms with Crippen LogP contribution in [0.1, 0.15) is 15.9 Å². The molecule has 2 aromatic carbocycles. The van der Waals surface area contributed by atoms with Crippen molar-refractivity contribution in [3.8, 4) is 5.69 Å². The number of anilines is 1. The van der Waals surface area contributed by atoms with Crippen LogP contribution in [0.15, 0.2) is 59.3 Å². The maximum atomic E-state index is 12.3. The number of halogens is 2. The average molecular weight is 391 g/mol. The number of hydrogen-bond acceptors (Lipinski definition) is 2. The first-order valence-electron chi connectivity index (χ1n) is 6.91. The summed E-state index contributed by atoms with van der Waals surface area (Å²) in [5.74, 6) is -0.177. The van der Waals surface area contributed by atoms with Crippen LogP contribution in [0.2, 0.25) is 5.02 Å². The van der Waals surface area contributed by atoms with E-state index in [0.717, 1.165) is 15.7 Å². The molecule has 116 valence electrons. The molecule has 0 fully saturated rings. The van der Waals surface area contributed by atoms with Crippen molar-refractivity contribution in [3.05, 3.63) is 75.5 Å². The first kappa shape index (κ1) is 15.8. The first-order chi connectivity index (χ1) is 11.0. The summed E-state index contributed by atoms with van der Waals surface area (Å²) in [4.78, 5) is 12.3. The molecule has 0 spiro atoms. The Kier molecular flexibility index (Phi) is 4.50. The molecule has 0 aliphatic rings. The van der Waals surface area contributed by atoms with Crippen LogP contribution in [0.5, 0.6) is 0 Å². The van der Waals surface area contributed by atoms with Crippen molar-refractivity contribution in [2.75, 3.05) is 5.32 Å². The molecule has 1 heterocycles. The minimum absolute atomic E-state index is 0.177. The normalized spacial score (nSPS) is 10.6. The number of amides is 1. The summed E-state index contributed by atoms with van der Waals surface area (Å²) < 4.78 is 2.63. The van der Waals surface area contributed by atoms with Crippen LogP contribution < -0.4 is 5.32 Å². The number of carbonyl (C=O) groups is 1. The van der Waals surface area contributed by atoms with Gasteiger partial charge < -0.3 is 5.32 Å². The molecule has 1 aromatic heterocycles. The van der Waals surface area contributed by atoms with Gasteiger partial charge in [0.1, 0.15) is 0 Å². The number of carbonyl (C=O) groups excluding carboxylic acids is 1. The number of nitrogens with zero attached hydrogens (tertiary/aromatic N) is 2. The van der Waals surface area contributed by atoms with Crippen LogP contribution in [0.4, 0.5) is 5.69 Å². The zero-order chi connectivity index (χ0) is 16.4. The summed E-state index contributed by atoms with van der Waals surface area (Å²) >= 11 is 9.33. The summed E-state index contributed by atoms with van der Waals surface area (Å²) in [6.45, 7) is 1.92. The van der Waals surface area contributed by atoms with Gasteiger partial charge in [0.15, 0.2) is 0 Å². The van der Waals surface area contributed by atoms with E-state index < -0.39 is 0 Å². The Balaban J connectivity index is 1.79. The fraction of sp³-hybridized carbons (Fsp3) is 0.0588. The molecule has 0 unspecified atom stereocenters. The fourth-order valence-corrected chi connectivity index (χ4v) is 2.59. The molecule has 0 saturated carbocycles. The van der Waals surface area contributed by atoms with E-state index in [9.17, 15) is 4.79 Å². The minimum atomic E-state index is -0.177. The second kappa shape index (κ2) is 6.56. The molecule has 3 aromatic rings. The zero-order valence-corrected chi connectivity index (χ0v) is 14.6. The van der Waals surface area contributed by atoms with Crippen molar-refractivity contribution in [1.82, 2.24) is 9.78 Å². The van der Waals surface area contributed by atoms with Crippen molar-refractivity contribution in [2.45, 2.75) is 6.92 Å². The average Bonchev–Trinajstić information content (AvgIpc) is 2.97.